The predicted molar refractivity (Wildman–Crippen MR) is 95.3 cm³/mol. The van der Waals surface area contributed by atoms with Gasteiger partial charge in [0.1, 0.15) is 0 Å². The monoisotopic (exact) mass is 365 g/mol. The lowest BCUT2D eigenvalue weighted by atomic mass is 10.2. The van der Waals surface area contributed by atoms with Crippen molar-refractivity contribution < 1.29 is 13.3 Å². The van der Waals surface area contributed by atoms with Gasteiger partial charge in [0.15, 0.2) is 0 Å². The van der Waals surface area contributed by atoms with E-state index in [1.165, 1.54) is 30.0 Å². The van der Waals surface area contributed by atoms with Crippen LogP contribution < -0.4 is 0 Å². The van der Waals surface area contributed by atoms with Gasteiger partial charge in [0, 0.05) is 22.8 Å². The first-order valence-corrected chi connectivity index (χ1v) is 9.92. The van der Waals surface area contributed by atoms with Gasteiger partial charge in [-0.15, -0.1) is 11.8 Å². The highest BCUT2D eigenvalue weighted by Crippen LogP contribution is 2.35. The summed E-state index contributed by atoms with van der Waals surface area (Å²) in [6.07, 6.45) is 0. The fraction of sp³-hybridized carbons (Fsp3) is 0.294. The quantitative estimate of drug-likeness (QED) is 0.428. The molecule has 7 heteroatoms. The van der Waals surface area contributed by atoms with Crippen LogP contribution in [0.25, 0.3) is 0 Å². The molecule has 5 nitrogen and oxygen atoms in total. The molecule has 0 aliphatic carbocycles. The molecule has 0 spiro atoms. The van der Waals surface area contributed by atoms with Crippen molar-refractivity contribution in [1.82, 2.24) is 0 Å². The van der Waals surface area contributed by atoms with Gasteiger partial charge in [-0.2, -0.15) is 0 Å². The van der Waals surface area contributed by atoms with Crippen LogP contribution in [0.4, 0.5) is 5.69 Å². The van der Waals surface area contributed by atoms with E-state index >= 15 is 0 Å². The molecular formula is C17H19NO4S2. The van der Waals surface area contributed by atoms with Crippen molar-refractivity contribution in [3.8, 4) is 0 Å². The minimum absolute atomic E-state index is 0.00541. The molecule has 0 radical (unpaired) electrons. The van der Waals surface area contributed by atoms with E-state index in [1.807, 2.05) is 13.8 Å². The number of sulfone groups is 1. The molecule has 0 aliphatic rings. The van der Waals surface area contributed by atoms with Crippen LogP contribution in [0, 0.1) is 23.0 Å². The van der Waals surface area contributed by atoms with Gasteiger partial charge in [-0.05, 0) is 30.5 Å². The van der Waals surface area contributed by atoms with Crippen LogP contribution in [0.15, 0.2) is 57.2 Å². The highest BCUT2D eigenvalue weighted by Gasteiger charge is 2.25. The lowest BCUT2D eigenvalue weighted by molar-refractivity contribution is -0.385. The van der Waals surface area contributed by atoms with Crippen molar-refractivity contribution in [1.29, 1.82) is 0 Å². The summed E-state index contributed by atoms with van der Waals surface area (Å²) in [4.78, 5) is 11.4. The van der Waals surface area contributed by atoms with Gasteiger partial charge in [0.2, 0.25) is 9.84 Å². The summed E-state index contributed by atoms with van der Waals surface area (Å²) in [5, 5.41) is 11.2. The van der Waals surface area contributed by atoms with E-state index in [4.69, 9.17) is 0 Å². The molecule has 2 rings (SSSR count). The van der Waals surface area contributed by atoms with Crippen LogP contribution in [0.3, 0.4) is 0 Å². The minimum Gasteiger partial charge on any atom is -0.258 e. The van der Waals surface area contributed by atoms with E-state index in [2.05, 4.69) is 0 Å². The molecule has 2 aromatic carbocycles. The summed E-state index contributed by atoms with van der Waals surface area (Å²) in [5.74, 6) is 1.15. The first-order chi connectivity index (χ1) is 11.2. The molecule has 0 N–H and O–H groups in total. The molecule has 0 saturated carbocycles. The molecule has 128 valence electrons. The Morgan fingerprint density at radius 1 is 1.17 bits per heavy atom. The third-order valence-corrected chi connectivity index (χ3v) is 6.89. The van der Waals surface area contributed by atoms with Crippen molar-refractivity contribution in [2.24, 2.45) is 5.92 Å². The fourth-order valence-electron chi connectivity index (χ4n) is 2.17. The van der Waals surface area contributed by atoms with Gasteiger partial charge in [0.25, 0.3) is 5.69 Å². The first-order valence-electron chi connectivity index (χ1n) is 7.45. The molecule has 0 fully saturated rings. The molecule has 0 heterocycles. The van der Waals surface area contributed by atoms with Gasteiger partial charge in [-0.3, -0.25) is 10.1 Å². The van der Waals surface area contributed by atoms with Crippen molar-refractivity contribution in [2.45, 2.75) is 35.5 Å². The number of hydrogen-bond donors (Lipinski definition) is 0. The highest BCUT2D eigenvalue weighted by atomic mass is 32.2. The number of rotatable bonds is 6. The Morgan fingerprint density at radius 3 is 2.33 bits per heavy atom. The zero-order valence-electron chi connectivity index (χ0n) is 13.7. The SMILES string of the molecule is Cc1c(SCC(C)C)cc([N+](=O)[O-])cc1S(=O)(=O)c1ccccc1. The summed E-state index contributed by atoms with van der Waals surface area (Å²) >= 11 is 1.44. The number of nitrogens with zero attached hydrogens (tertiary/aromatic N) is 1. The molecule has 0 atom stereocenters. The third kappa shape index (κ3) is 3.96. The minimum atomic E-state index is -3.80. The van der Waals surface area contributed by atoms with Gasteiger partial charge in [-0.1, -0.05) is 32.0 Å². The maximum atomic E-state index is 12.9. The van der Waals surface area contributed by atoms with Crippen molar-refractivity contribution in [3.63, 3.8) is 0 Å². The average molecular weight is 365 g/mol. The summed E-state index contributed by atoms with van der Waals surface area (Å²) in [7, 11) is -3.80. The topological polar surface area (TPSA) is 77.3 Å². The number of nitro groups is 1. The van der Waals surface area contributed by atoms with Gasteiger partial charge >= 0.3 is 0 Å². The van der Waals surface area contributed by atoms with Crippen LogP contribution in [0.1, 0.15) is 19.4 Å². The highest BCUT2D eigenvalue weighted by molar-refractivity contribution is 7.99. The Bertz CT molecular complexity index is 846. The van der Waals surface area contributed by atoms with E-state index in [0.29, 0.717) is 16.4 Å². The molecule has 0 aromatic heterocycles. The van der Waals surface area contributed by atoms with Gasteiger partial charge in [0.05, 0.1) is 14.7 Å². The maximum Gasteiger partial charge on any atom is 0.271 e. The number of non-ortho nitro benzene ring substituents is 1. The van der Waals surface area contributed by atoms with Crippen molar-refractivity contribution in [2.75, 3.05) is 5.75 Å². The van der Waals surface area contributed by atoms with Crippen molar-refractivity contribution >= 4 is 27.3 Å². The Morgan fingerprint density at radius 2 is 1.79 bits per heavy atom. The summed E-state index contributed by atoms with van der Waals surface area (Å²) in [5.41, 5.74) is 0.344. The molecular weight excluding hydrogens is 346 g/mol. The van der Waals surface area contributed by atoms with E-state index in [-0.39, 0.29) is 15.5 Å². The summed E-state index contributed by atoms with van der Waals surface area (Å²) < 4.78 is 25.8. The lowest BCUT2D eigenvalue weighted by Gasteiger charge is -2.13. The van der Waals surface area contributed by atoms with Crippen LogP contribution in [0.2, 0.25) is 0 Å². The average Bonchev–Trinajstić information content (AvgIpc) is 2.54. The molecule has 0 amide bonds. The lowest BCUT2D eigenvalue weighted by Crippen LogP contribution is -2.06. The number of thioether (sulfide) groups is 1. The van der Waals surface area contributed by atoms with Gasteiger partial charge < -0.3 is 0 Å². The first kappa shape index (κ1) is 18.5. The Balaban J connectivity index is 2.62. The largest absolute Gasteiger partial charge is 0.271 e. The second kappa shape index (κ2) is 7.36. The number of benzene rings is 2. The third-order valence-electron chi connectivity index (χ3n) is 3.42. The fourth-order valence-corrected chi connectivity index (χ4v) is 4.83. The molecule has 0 unspecified atom stereocenters. The predicted octanol–water partition coefficient (Wildman–Crippen LogP) is 4.48. The van der Waals surface area contributed by atoms with Crippen LogP contribution in [-0.2, 0) is 9.84 Å². The second-order valence-corrected chi connectivity index (χ2v) is 8.83. The molecule has 24 heavy (non-hydrogen) atoms. The van der Waals surface area contributed by atoms with E-state index in [0.717, 1.165) is 11.8 Å². The summed E-state index contributed by atoms with van der Waals surface area (Å²) in [6.45, 7) is 5.78. The molecule has 0 saturated heterocycles. The Labute approximate surface area is 146 Å². The second-order valence-electron chi connectivity index (χ2n) is 5.85. The smallest absolute Gasteiger partial charge is 0.258 e. The van der Waals surface area contributed by atoms with Crippen molar-refractivity contribution in [3.05, 3.63) is 58.1 Å². The Kier molecular flexibility index (Phi) is 5.66. The maximum absolute atomic E-state index is 12.9. The van der Waals surface area contributed by atoms with E-state index in [1.54, 1.807) is 25.1 Å². The summed E-state index contributed by atoms with van der Waals surface area (Å²) in [6, 6.07) is 10.6. The zero-order valence-corrected chi connectivity index (χ0v) is 15.4. The van der Waals surface area contributed by atoms with Crippen LogP contribution in [-0.4, -0.2) is 19.1 Å². The van der Waals surface area contributed by atoms with E-state index in [9.17, 15) is 18.5 Å². The zero-order chi connectivity index (χ0) is 17.9. The molecule has 0 aliphatic heterocycles. The standard InChI is InChI=1S/C17H19NO4S2/c1-12(2)11-23-16-9-14(18(19)20)10-17(13(16)3)24(21,22)15-7-5-4-6-8-15/h4-10,12H,11H2,1-3H3. The Hall–Kier alpha value is -1.86. The molecule has 0 bridgehead atoms. The molecule has 2 aromatic rings. The van der Waals surface area contributed by atoms with Crippen LogP contribution in [0.5, 0.6) is 0 Å². The van der Waals surface area contributed by atoms with Crippen LogP contribution >= 0.6 is 11.8 Å². The van der Waals surface area contributed by atoms with Gasteiger partial charge in [-0.25, -0.2) is 8.42 Å². The normalized spacial score (nSPS) is 11.7. The number of nitro benzene ring substituents is 1. The number of hydrogen-bond acceptors (Lipinski definition) is 5. The van der Waals surface area contributed by atoms with E-state index < -0.39 is 14.8 Å².